The molecule has 0 aromatic heterocycles. The van der Waals surface area contributed by atoms with Crippen molar-refractivity contribution in [3.8, 4) is 0 Å². The van der Waals surface area contributed by atoms with Gasteiger partial charge in [-0.25, -0.2) is 4.57 Å². The Morgan fingerprint density at radius 3 is 2.56 bits per heavy atom. The van der Waals surface area contributed by atoms with Gasteiger partial charge in [0.15, 0.2) is 0 Å². The quantitative estimate of drug-likeness (QED) is 0.426. The molecular weight excluding hydrogens is 298 g/mol. The van der Waals surface area contributed by atoms with E-state index in [1.54, 1.807) is 6.92 Å². The molecule has 0 radical (unpaired) electrons. The van der Waals surface area contributed by atoms with Crippen molar-refractivity contribution in [1.82, 2.24) is 0 Å². The lowest BCUT2D eigenvalue weighted by atomic mass is 10.4. The highest BCUT2D eigenvalue weighted by molar-refractivity contribution is 7.95. The largest absolute Gasteiger partial charge is 0.612 e. The van der Waals surface area contributed by atoms with Crippen LogP contribution < -0.4 is 0 Å². The summed E-state index contributed by atoms with van der Waals surface area (Å²) in [7, 11) is -4.49. The van der Waals surface area contributed by atoms with Crippen LogP contribution >= 0.6 is 31.0 Å². The molecule has 0 rings (SSSR count). The number of phosphoric acid groups is 1. The van der Waals surface area contributed by atoms with Crippen molar-refractivity contribution >= 4 is 42.2 Å². The summed E-state index contributed by atoms with van der Waals surface area (Å²) in [6, 6.07) is 0. The van der Waals surface area contributed by atoms with Crippen LogP contribution in [0, 0.1) is 0 Å². The van der Waals surface area contributed by atoms with E-state index in [9.17, 15) is 9.12 Å². The minimum absolute atomic E-state index is 0.113. The molecule has 0 saturated heterocycles. The molecule has 0 saturated carbocycles. The summed E-state index contributed by atoms with van der Waals surface area (Å²) in [5.74, 6) is 0.377. The molecule has 0 aromatic rings. The van der Waals surface area contributed by atoms with E-state index in [0.717, 1.165) is 0 Å². The SMILES string of the molecule is CC[S+]([O-])C(=CC(Cl)Cl)CCOP(=O)(O)O. The average molecular weight is 311 g/mol. The monoisotopic (exact) mass is 310 g/mol. The Morgan fingerprint density at radius 1 is 1.62 bits per heavy atom. The maximum Gasteiger partial charge on any atom is 0.469 e. The highest BCUT2D eigenvalue weighted by Gasteiger charge is 2.18. The second-order valence-electron chi connectivity index (χ2n) is 2.68. The van der Waals surface area contributed by atoms with Crippen molar-refractivity contribution in [3.05, 3.63) is 11.0 Å². The number of allylic oxidation sites excluding steroid dienone is 1. The Morgan fingerprint density at radius 2 is 2.19 bits per heavy atom. The molecule has 0 amide bonds. The van der Waals surface area contributed by atoms with Crippen LogP contribution in [0.3, 0.4) is 0 Å². The van der Waals surface area contributed by atoms with Crippen LogP contribution in [0.4, 0.5) is 0 Å². The van der Waals surface area contributed by atoms with Crippen LogP contribution in [-0.2, 0) is 20.3 Å². The lowest BCUT2D eigenvalue weighted by Gasteiger charge is -2.12. The van der Waals surface area contributed by atoms with Gasteiger partial charge >= 0.3 is 7.82 Å². The first-order valence-corrected chi connectivity index (χ1v) is 8.05. The lowest BCUT2D eigenvalue weighted by molar-refractivity contribution is 0.200. The number of hydrogen-bond acceptors (Lipinski definition) is 3. The molecule has 1 atom stereocenters. The van der Waals surface area contributed by atoms with E-state index in [2.05, 4.69) is 4.52 Å². The van der Waals surface area contributed by atoms with Gasteiger partial charge in [-0.1, -0.05) is 0 Å². The third-order valence-electron chi connectivity index (χ3n) is 1.47. The van der Waals surface area contributed by atoms with Crippen LogP contribution in [0.15, 0.2) is 11.0 Å². The summed E-state index contributed by atoms with van der Waals surface area (Å²) in [5.41, 5.74) is 0. The Bertz CT molecular complexity index is 280. The van der Waals surface area contributed by atoms with E-state index >= 15 is 0 Å². The van der Waals surface area contributed by atoms with E-state index in [1.807, 2.05) is 0 Å². The average Bonchev–Trinajstić information content (AvgIpc) is 2.12. The van der Waals surface area contributed by atoms with Crippen LogP contribution in [0.2, 0.25) is 0 Å². The minimum atomic E-state index is -4.49. The number of halogens is 2. The summed E-state index contributed by atoms with van der Waals surface area (Å²) in [6.45, 7) is 1.48. The number of rotatable bonds is 7. The minimum Gasteiger partial charge on any atom is -0.612 e. The Labute approximate surface area is 107 Å². The van der Waals surface area contributed by atoms with Crippen molar-refractivity contribution in [1.29, 1.82) is 0 Å². The molecular formula is C7H13Cl2O5PS. The molecule has 2 N–H and O–H groups in total. The van der Waals surface area contributed by atoms with Gasteiger partial charge in [-0.3, -0.25) is 4.52 Å². The van der Waals surface area contributed by atoms with Crippen molar-refractivity contribution < 1.29 is 23.4 Å². The summed E-state index contributed by atoms with van der Waals surface area (Å²) < 4.78 is 26.1. The van der Waals surface area contributed by atoms with Crippen LogP contribution in [-0.4, -0.2) is 31.5 Å². The van der Waals surface area contributed by atoms with Crippen LogP contribution in [0.5, 0.6) is 0 Å². The molecule has 16 heavy (non-hydrogen) atoms. The fraction of sp³-hybridized carbons (Fsp3) is 0.714. The molecule has 0 fully saturated rings. The smallest absolute Gasteiger partial charge is 0.469 e. The Kier molecular flexibility index (Phi) is 8.32. The van der Waals surface area contributed by atoms with Gasteiger partial charge in [0.05, 0.1) is 6.61 Å². The van der Waals surface area contributed by atoms with Gasteiger partial charge in [0.2, 0.25) is 0 Å². The van der Waals surface area contributed by atoms with Crippen LogP contribution in [0.1, 0.15) is 13.3 Å². The highest BCUT2D eigenvalue weighted by atomic mass is 35.5. The number of phosphoric ester groups is 1. The highest BCUT2D eigenvalue weighted by Crippen LogP contribution is 2.36. The third kappa shape index (κ3) is 8.84. The zero-order valence-corrected chi connectivity index (χ0v) is 11.7. The molecule has 0 heterocycles. The van der Waals surface area contributed by atoms with E-state index < -0.39 is 23.8 Å². The third-order valence-corrected chi connectivity index (χ3v) is 3.69. The van der Waals surface area contributed by atoms with E-state index in [4.69, 9.17) is 33.0 Å². The Balaban J connectivity index is 4.29. The second-order valence-corrected chi connectivity index (χ2v) is 6.87. The zero-order valence-electron chi connectivity index (χ0n) is 8.51. The van der Waals surface area contributed by atoms with Crippen molar-refractivity contribution in [2.24, 2.45) is 0 Å². The maximum atomic E-state index is 11.5. The van der Waals surface area contributed by atoms with Gasteiger partial charge in [0, 0.05) is 6.42 Å². The maximum absolute atomic E-state index is 11.5. The first-order chi connectivity index (χ1) is 7.26. The molecule has 0 bridgehead atoms. The molecule has 1 unspecified atom stereocenters. The predicted octanol–water partition coefficient (Wildman–Crippen LogP) is 1.94. The standard InChI is InChI=1S/C7H13Cl2O5PS/c1-2-16(13)6(5-7(8)9)3-4-14-15(10,11)12/h5,7H,2-4H2,1H3,(H2,10,11,12). The molecule has 0 aliphatic rings. The molecule has 0 aliphatic heterocycles. The topological polar surface area (TPSA) is 89.8 Å². The Hall–Kier alpha value is 0.740. The molecule has 0 aliphatic carbocycles. The fourth-order valence-electron chi connectivity index (χ4n) is 0.864. The zero-order chi connectivity index (χ0) is 12.8. The van der Waals surface area contributed by atoms with E-state index in [-0.39, 0.29) is 13.0 Å². The molecule has 5 nitrogen and oxygen atoms in total. The fourth-order valence-corrected chi connectivity index (χ4v) is 2.62. The summed E-state index contributed by atoms with van der Waals surface area (Å²) in [6.07, 6.45) is 1.49. The molecule has 9 heteroatoms. The first kappa shape index (κ1) is 16.7. The van der Waals surface area contributed by atoms with Crippen molar-refractivity contribution in [3.63, 3.8) is 0 Å². The van der Waals surface area contributed by atoms with Gasteiger partial charge in [-0.15, -0.1) is 23.2 Å². The normalized spacial score (nSPS) is 15.6. The summed E-state index contributed by atoms with van der Waals surface area (Å²) >= 11 is 9.75. The molecule has 96 valence electrons. The first-order valence-electron chi connectivity index (χ1n) is 4.33. The van der Waals surface area contributed by atoms with Crippen molar-refractivity contribution in [2.75, 3.05) is 12.4 Å². The van der Waals surface area contributed by atoms with Gasteiger partial charge in [-0.2, -0.15) is 0 Å². The lowest BCUT2D eigenvalue weighted by Crippen LogP contribution is -2.10. The van der Waals surface area contributed by atoms with Gasteiger partial charge in [0.25, 0.3) is 0 Å². The van der Waals surface area contributed by atoms with Gasteiger partial charge in [-0.05, 0) is 24.2 Å². The second kappa shape index (κ2) is 7.95. The molecule has 0 spiro atoms. The number of hydrogen-bond donors (Lipinski definition) is 2. The van der Waals surface area contributed by atoms with Gasteiger partial charge < -0.3 is 14.3 Å². The van der Waals surface area contributed by atoms with E-state index in [0.29, 0.717) is 10.7 Å². The van der Waals surface area contributed by atoms with E-state index in [1.165, 1.54) is 6.08 Å². The number of alkyl halides is 2. The summed E-state index contributed by atoms with van der Waals surface area (Å²) in [4.78, 5) is 16.5. The van der Waals surface area contributed by atoms with Gasteiger partial charge in [0.1, 0.15) is 15.5 Å². The van der Waals surface area contributed by atoms with Crippen LogP contribution in [0.25, 0.3) is 0 Å². The predicted molar refractivity (Wildman–Crippen MR) is 64.9 cm³/mol. The van der Waals surface area contributed by atoms with Crippen molar-refractivity contribution in [2.45, 2.75) is 18.2 Å². The molecule has 0 aromatic carbocycles. The summed E-state index contributed by atoms with van der Waals surface area (Å²) in [5, 5.41) is 0.